The second kappa shape index (κ2) is 3.31. The van der Waals surface area contributed by atoms with E-state index in [0.29, 0.717) is 5.92 Å². The van der Waals surface area contributed by atoms with Gasteiger partial charge in [-0.05, 0) is 24.5 Å². The van der Waals surface area contributed by atoms with E-state index in [0.717, 1.165) is 24.8 Å². The maximum Gasteiger partial charge on any atom is 0.0938 e. The van der Waals surface area contributed by atoms with Gasteiger partial charge in [-0.2, -0.15) is 0 Å². The van der Waals surface area contributed by atoms with Crippen molar-refractivity contribution in [3.05, 3.63) is 24.2 Å². The number of aliphatic hydroxyl groups is 1. The molecule has 0 aliphatic heterocycles. The zero-order valence-corrected chi connectivity index (χ0v) is 7.07. The topological polar surface area (TPSA) is 33.4 Å². The smallest absolute Gasteiger partial charge is 0.0938 e. The summed E-state index contributed by atoms with van der Waals surface area (Å²) >= 11 is 0. The van der Waals surface area contributed by atoms with E-state index in [-0.39, 0.29) is 6.10 Å². The molecule has 2 nitrogen and oxygen atoms in total. The number of furan rings is 1. The van der Waals surface area contributed by atoms with Gasteiger partial charge in [0.25, 0.3) is 0 Å². The van der Waals surface area contributed by atoms with Crippen LogP contribution in [0.25, 0.3) is 0 Å². The molecule has 66 valence electrons. The summed E-state index contributed by atoms with van der Waals surface area (Å²) < 4.78 is 5.00. The second-order valence-corrected chi connectivity index (χ2v) is 3.51. The highest BCUT2D eigenvalue weighted by atomic mass is 16.3. The van der Waals surface area contributed by atoms with Crippen LogP contribution < -0.4 is 0 Å². The molecule has 1 aliphatic rings. The number of rotatable bonds is 1. The first-order valence-corrected chi connectivity index (χ1v) is 4.58. The van der Waals surface area contributed by atoms with E-state index in [1.807, 2.05) is 6.07 Å². The van der Waals surface area contributed by atoms with Crippen molar-refractivity contribution in [3.63, 3.8) is 0 Å². The highest BCUT2D eigenvalue weighted by Crippen LogP contribution is 2.32. The van der Waals surface area contributed by atoms with E-state index < -0.39 is 0 Å². The molecule has 2 atom stereocenters. The molecule has 2 unspecified atom stereocenters. The van der Waals surface area contributed by atoms with Gasteiger partial charge >= 0.3 is 0 Å². The van der Waals surface area contributed by atoms with Crippen LogP contribution >= 0.6 is 0 Å². The molecule has 0 radical (unpaired) electrons. The highest BCUT2D eigenvalue weighted by Gasteiger charge is 2.24. The third kappa shape index (κ3) is 1.39. The molecule has 2 rings (SSSR count). The van der Waals surface area contributed by atoms with Crippen LogP contribution in [0.2, 0.25) is 0 Å². The van der Waals surface area contributed by atoms with Gasteiger partial charge in [-0.25, -0.2) is 0 Å². The van der Waals surface area contributed by atoms with Crippen molar-refractivity contribution in [1.82, 2.24) is 0 Å². The summed E-state index contributed by atoms with van der Waals surface area (Å²) in [6.45, 7) is 0. The Labute approximate surface area is 72.2 Å². The van der Waals surface area contributed by atoms with Crippen molar-refractivity contribution in [2.24, 2.45) is 0 Å². The molecule has 1 aliphatic carbocycles. The van der Waals surface area contributed by atoms with E-state index in [1.165, 1.54) is 6.42 Å². The van der Waals surface area contributed by atoms with E-state index in [2.05, 4.69) is 0 Å². The lowest BCUT2D eigenvalue weighted by Gasteiger charge is -2.26. The largest absolute Gasteiger partial charge is 0.472 e. The normalized spacial score (nSPS) is 30.4. The summed E-state index contributed by atoms with van der Waals surface area (Å²) in [5.41, 5.74) is 1.15. The third-order valence-electron chi connectivity index (χ3n) is 2.70. The Hall–Kier alpha value is -0.760. The Morgan fingerprint density at radius 2 is 2.17 bits per heavy atom. The molecule has 2 heteroatoms. The quantitative estimate of drug-likeness (QED) is 0.694. The molecule has 1 N–H and O–H groups in total. The molecular weight excluding hydrogens is 152 g/mol. The van der Waals surface area contributed by atoms with Gasteiger partial charge in [0.2, 0.25) is 0 Å². The fraction of sp³-hybridized carbons (Fsp3) is 0.600. The van der Waals surface area contributed by atoms with Gasteiger partial charge in [0.1, 0.15) is 0 Å². The summed E-state index contributed by atoms with van der Waals surface area (Å²) in [6, 6.07) is 1.96. The molecule has 0 aromatic carbocycles. The first-order chi connectivity index (χ1) is 5.88. The minimum absolute atomic E-state index is 0.156. The van der Waals surface area contributed by atoms with Gasteiger partial charge in [0.05, 0.1) is 18.6 Å². The summed E-state index contributed by atoms with van der Waals surface area (Å²) in [7, 11) is 0. The fourth-order valence-electron chi connectivity index (χ4n) is 1.99. The van der Waals surface area contributed by atoms with Gasteiger partial charge in [-0.15, -0.1) is 0 Å². The van der Waals surface area contributed by atoms with Crippen LogP contribution in [0, 0.1) is 0 Å². The molecule has 0 saturated heterocycles. The summed E-state index contributed by atoms with van der Waals surface area (Å²) in [4.78, 5) is 0. The van der Waals surface area contributed by atoms with Crippen LogP contribution in [0.4, 0.5) is 0 Å². The number of hydrogen-bond donors (Lipinski definition) is 1. The Morgan fingerprint density at radius 3 is 2.83 bits per heavy atom. The molecule has 0 bridgehead atoms. The van der Waals surface area contributed by atoms with E-state index >= 15 is 0 Å². The second-order valence-electron chi connectivity index (χ2n) is 3.51. The number of hydrogen-bond acceptors (Lipinski definition) is 2. The monoisotopic (exact) mass is 166 g/mol. The average Bonchev–Trinajstić information content (AvgIpc) is 2.57. The van der Waals surface area contributed by atoms with Crippen LogP contribution in [0.5, 0.6) is 0 Å². The van der Waals surface area contributed by atoms with Crippen molar-refractivity contribution in [2.75, 3.05) is 0 Å². The Kier molecular flexibility index (Phi) is 2.17. The molecule has 0 amide bonds. The van der Waals surface area contributed by atoms with Crippen molar-refractivity contribution in [3.8, 4) is 0 Å². The Balaban J connectivity index is 2.11. The van der Waals surface area contributed by atoms with Gasteiger partial charge in [-0.1, -0.05) is 12.8 Å². The van der Waals surface area contributed by atoms with Crippen molar-refractivity contribution >= 4 is 0 Å². The van der Waals surface area contributed by atoms with E-state index in [1.54, 1.807) is 12.5 Å². The molecule has 1 aromatic rings. The fourth-order valence-corrected chi connectivity index (χ4v) is 1.99. The minimum Gasteiger partial charge on any atom is -0.472 e. The summed E-state index contributed by atoms with van der Waals surface area (Å²) in [5.74, 6) is 0.317. The molecule has 1 saturated carbocycles. The lowest BCUT2D eigenvalue weighted by Crippen LogP contribution is -2.21. The predicted molar refractivity (Wildman–Crippen MR) is 45.9 cm³/mol. The average molecular weight is 166 g/mol. The lowest BCUT2D eigenvalue weighted by atomic mass is 9.83. The van der Waals surface area contributed by atoms with Crippen LogP contribution in [-0.4, -0.2) is 11.2 Å². The minimum atomic E-state index is -0.156. The highest BCUT2D eigenvalue weighted by molar-refractivity contribution is 5.14. The van der Waals surface area contributed by atoms with Crippen LogP contribution in [0.15, 0.2) is 23.0 Å². The molecule has 1 aromatic heterocycles. The Morgan fingerprint density at radius 1 is 1.33 bits per heavy atom. The van der Waals surface area contributed by atoms with Gasteiger partial charge in [-0.3, -0.25) is 0 Å². The zero-order valence-electron chi connectivity index (χ0n) is 7.07. The SMILES string of the molecule is OC1CCCCC1c1ccoc1. The zero-order chi connectivity index (χ0) is 8.39. The molecule has 1 heterocycles. The van der Waals surface area contributed by atoms with Gasteiger partial charge in [0.15, 0.2) is 0 Å². The third-order valence-corrected chi connectivity index (χ3v) is 2.70. The van der Waals surface area contributed by atoms with Gasteiger partial charge < -0.3 is 9.52 Å². The first kappa shape index (κ1) is 7.87. The summed E-state index contributed by atoms with van der Waals surface area (Å²) in [6.07, 6.45) is 7.70. The molecular formula is C10H14O2. The molecule has 12 heavy (non-hydrogen) atoms. The number of aliphatic hydroxyl groups excluding tert-OH is 1. The molecule has 1 fully saturated rings. The standard InChI is InChI=1S/C10H14O2/c11-10-4-2-1-3-9(10)8-5-6-12-7-8/h5-7,9-11H,1-4H2. The Bertz CT molecular complexity index is 228. The first-order valence-electron chi connectivity index (χ1n) is 4.58. The maximum absolute atomic E-state index is 9.70. The van der Waals surface area contributed by atoms with Crippen molar-refractivity contribution in [1.29, 1.82) is 0 Å². The molecule has 0 spiro atoms. The lowest BCUT2D eigenvalue weighted by molar-refractivity contribution is 0.106. The maximum atomic E-state index is 9.70. The van der Waals surface area contributed by atoms with E-state index in [9.17, 15) is 5.11 Å². The predicted octanol–water partition coefficient (Wildman–Crippen LogP) is 2.30. The van der Waals surface area contributed by atoms with Gasteiger partial charge in [0, 0.05) is 5.92 Å². The van der Waals surface area contributed by atoms with Crippen LogP contribution in [0.1, 0.15) is 37.2 Å². The van der Waals surface area contributed by atoms with E-state index in [4.69, 9.17) is 4.42 Å². The van der Waals surface area contributed by atoms with Crippen LogP contribution in [0.3, 0.4) is 0 Å². The van der Waals surface area contributed by atoms with Crippen molar-refractivity contribution < 1.29 is 9.52 Å². The summed E-state index contributed by atoms with van der Waals surface area (Å²) in [5, 5.41) is 9.70. The van der Waals surface area contributed by atoms with Crippen LogP contribution in [-0.2, 0) is 0 Å². The van der Waals surface area contributed by atoms with Crippen molar-refractivity contribution in [2.45, 2.75) is 37.7 Å².